The van der Waals surface area contributed by atoms with Crippen LogP contribution in [0.2, 0.25) is 0 Å². The molecule has 2 amide bonds. The second-order valence-corrected chi connectivity index (χ2v) is 7.84. The molecule has 0 N–H and O–H groups in total. The maximum absolute atomic E-state index is 12.6. The molecule has 1 aromatic carbocycles. The Hall–Kier alpha value is -2.24. The molecule has 0 atom stereocenters. The van der Waals surface area contributed by atoms with Gasteiger partial charge in [0.1, 0.15) is 11.2 Å². The molecule has 6 heteroatoms. The Bertz CT molecular complexity index is 574. The number of carbonyl (C=O) groups is 2. The molecule has 1 heterocycles. The molecular weight excluding hydrogens is 308 g/mol. The third-order valence-electron chi connectivity index (χ3n) is 3.26. The number of fused-ring (bicyclic) bond motifs is 1. The minimum atomic E-state index is -0.645. The van der Waals surface area contributed by atoms with Crippen molar-refractivity contribution in [2.24, 2.45) is 0 Å². The Kier molecular flexibility index (Phi) is 4.78. The van der Waals surface area contributed by atoms with Gasteiger partial charge in [-0.1, -0.05) is 24.3 Å². The van der Waals surface area contributed by atoms with Crippen molar-refractivity contribution in [3.8, 4) is 0 Å². The lowest BCUT2D eigenvalue weighted by atomic mass is 10.1. The molecule has 0 fully saturated rings. The number of hydrazine groups is 1. The molecule has 0 radical (unpaired) electrons. The first-order chi connectivity index (χ1) is 11.0. The molecule has 132 valence electrons. The van der Waals surface area contributed by atoms with Gasteiger partial charge in [0.2, 0.25) is 0 Å². The van der Waals surface area contributed by atoms with Gasteiger partial charge in [0.05, 0.1) is 13.1 Å². The average Bonchev–Trinajstić information content (AvgIpc) is 2.42. The molecule has 1 aliphatic heterocycles. The van der Waals surface area contributed by atoms with Crippen molar-refractivity contribution in [2.75, 3.05) is 0 Å². The van der Waals surface area contributed by atoms with E-state index in [0.29, 0.717) is 0 Å². The first-order valence-corrected chi connectivity index (χ1v) is 8.04. The molecule has 0 unspecified atom stereocenters. The van der Waals surface area contributed by atoms with Crippen molar-refractivity contribution in [1.82, 2.24) is 10.0 Å². The Morgan fingerprint density at radius 3 is 1.42 bits per heavy atom. The highest BCUT2D eigenvalue weighted by atomic mass is 16.6. The summed E-state index contributed by atoms with van der Waals surface area (Å²) in [5, 5.41) is 2.61. The van der Waals surface area contributed by atoms with Crippen LogP contribution in [0.15, 0.2) is 24.3 Å². The molecule has 1 aromatic rings. The predicted molar refractivity (Wildman–Crippen MR) is 90.0 cm³/mol. The van der Waals surface area contributed by atoms with Crippen LogP contribution in [0.4, 0.5) is 9.59 Å². The van der Waals surface area contributed by atoms with E-state index in [1.165, 1.54) is 10.0 Å². The molecule has 24 heavy (non-hydrogen) atoms. The predicted octanol–water partition coefficient (Wildman–Crippen LogP) is 4.09. The highest BCUT2D eigenvalue weighted by Gasteiger charge is 2.36. The molecule has 0 aromatic heterocycles. The zero-order valence-electron chi connectivity index (χ0n) is 15.3. The highest BCUT2D eigenvalue weighted by Crippen LogP contribution is 2.26. The molecule has 0 spiro atoms. The number of amides is 2. The van der Waals surface area contributed by atoms with Crippen LogP contribution in [0.3, 0.4) is 0 Å². The summed E-state index contributed by atoms with van der Waals surface area (Å²) < 4.78 is 10.9. The zero-order valence-corrected chi connectivity index (χ0v) is 15.3. The quantitative estimate of drug-likeness (QED) is 0.717. The summed E-state index contributed by atoms with van der Waals surface area (Å²) in [6, 6.07) is 7.71. The summed E-state index contributed by atoms with van der Waals surface area (Å²) in [6.45, 7) is 11.3. The fourth-order valence-electron chi connectivity index (χ4n) is 2.31. The highest BCUT2D eigenvalue weighted by molar-refractivity contribution is 5.75. The SMILES string of the molecule is CC(C)(C)OC(=O)N1Cc2ccccc2CN1C(=O)OC(C)(C)C. The van der Waals surface area contributed by atoms with Gasteiger partial charge in [0.25, 0.3) is 0 Å². The molecule has 0 saturated carbocycles. The van der Waals surface area contributed by atoms with E-state index in [9.17, 15) is 9.59 Å². The lowest BCUT2D eigenvalue weighted by molar-refractivity contribution is -0.0751. The maximum atomic E-state index is 12.6. The lowest BCUT2D eigenvalue weighted by Crippen LogP contribution is -2.53. The van der Waals surface area contributed by atoms with Crippen molar-refractivity contribution in [3.63, 3.8) is 0 Å². The van der Waals surface area contributed by atoms with Crippen molar-refractivity contribution in [1.29, 1.82) is 0 Å². The monoisotopic (exact) mass is 334 g/mol. The summed E-state index contributed by atoms with van der Waals surface area (Å²) >= 11 is 0. The van der Waals surface area contributed by atoms with Gasteiger partial charge in [0.15, 0.2) is 0 Å². The van der Waals surface area contributed by atoms with Crippen molar-refractivity contribution in [3.05, 3.63) is 35.4 Å². The number of rotatable bonds is 0. The van der Waals surface area contributed by atoms with E-state index < -0.39 is 23.4 Å². The Morgan fingerprint density at radius 1 is 0.792 bits per heavy atom. The third-order valence-corrected chi connectivity index (χ3v) is 3.26. The first-order valence-electron chi connectivity index (χ1n) is 8.04. The number of hydrogen-bond acceptors (Lipinski definition) is 4. The molecule has 2 rings (SSSR count). The summed E-state index contributed by atoms with van der Waals surface area (Å²) in [5.41, 5.74) is 0.688. The van der Waals surface area contributed by atoms with Crippen LogP contribution >= 0.6 is 0 Å². The first kappa shape index (κ1) is 18.1. The van der Waals surface area contributed by atoms with Gasteiger partial charge in [-0.25, -0.2) is 19.6 Å². The van der Waals surface area contributed by atoms with Crippen LogP contribution in [0.1, 0.15) is 52.7 Å². The second kappa shape index (κ2) is 6.34. The topological polar surface area (TPSA) is 59.1 Å². The molecule has 1 aliphatic rings. The summed E-state index contributed by atoms with van der Waals surface area (Å²) in [4.78, 5) is 25.1. The number of nitrogens with zero attached hydrogens (tertiary/aromatic N) is 2. The van der Waals surface area contributed by atoms with Gasteiger partial charge >= 0.3 is 12.2 Å². The van der Waals surface area contributed by atoms with E-state index >= 15 is 0 Å². The Morgan fingerprint density at radius 2 is 1.12 bits per heavy atom. The van der Waals surface area contributed by atoms with Crippen LogP contribution in [-0.2, 0) is 22.6 Å². The lowest BCUT2D eigenvalue weighted by Gasteiger charge is -2.40. The molecule has 0 bridgehead atoms. The molecule has 0 aliphatic carbocycles. The summed E-state index contributed by atoms with van der Waals surface area (Å²) in [7, 11) is 0. The standard InChI is InChI=1S/C18H26N2O4/c1-17(2,3)23-15(21)19-11-13-9-7-8-10-14(13)12-20(19)16(22)24-18(4,5)6/h7-10H,11-12H2,1-6H3. The third kappa shape index (κ3) is 4.63. The van der Waals surface area contributed by atoms with Gasteiger partial charge in [-0.15, -0.1) is 0 Å². The minimum Gasteiger partial charge on any atom is -0.442 e. The van der Waals surface area contributed by atoms with Gasteiger partial charge in [0, 0.05) is 0 Å². The maximum Gasteiger partial charge on any atom is 0.429 e. The molecule has 6 nitrogen and oxygen atoms in total. The number of hydrogen-bond donors (Lipinski definition) is 0. The van der Waals surface area contributed by atoms with Crippen molar-refractivity contribution < 1.29 is 19.1 Å². The zero-order chi connectivity index (χ0) is 18.1. The van der Waals surface area contributed by atoms with Gasteiger partial charge in [-0.2, -0.15) is 0 Å². The molecule has 0 saturated heterocycles. The summed E-state index contributed by atoms with van der Waals surface area (Å²) in [5.74, 6) is 0. The van der Waals surface area contributed by atoms with Crippen LogP contribution in [0.5, 0.6) is 0 Å². The fraction of sp³-hybridized carbons (Fsp3) is 0.556. The van der Waals surface area contributed by atoms with E-state index in [-0.39, 0.29) is 13.1 Å². The molecular formula is C18H26N2O4. The van der Waals surface area contributed by atoms with E-state index in [1.807, 2.05) is 24.3 Å². The number of benzene rings is 1. The van der Waals surface area contributed by atoms with Crippen LogP contribution < -0.4 is 0 Å². The second-order valence-electron chi connectivity index (χ2n) is 7.84. The van der Waals surface area contributed by atoms with Crippen LogP contribution in [-0.4, -0.2) is 33.4 Å². The van der Waals surface area contributed by atoms with Crippen molar-refractivity contribution >= 4 is 12.2 Å². The van der Waals surface area contributed by atoms with Crippen LogP contribution in [0.25, 0.3) is 0 Å². The van der Waals surface area contributed by atoms with Crippen molar-refractivity contribution in [2.45, 2.75) is 65.8 Å². The Balaban J connectivity index is 2.29. The normalized spacial score (nSPS) is 14.9. The summed E-state index contributed by atoms with van der Waals surface area (Å²) in [6.07, 6.45) is -1.13. The largest absolute Gasteiger partial charge is 0.442 e. The fourth-order valence-corrected chi connectivity index (χ4v) is 2.31. The van der Waals surface area contributed by atoms with Crippen LogP contribution in [0, 0.1) is 0 Å². The smallest absolute Gasteiger partial charge is 0.429 e. The van der Waals surface area contributed by atoms with Gasteiger partial charge in [-0.3, -0.25) is 0 Å². The van der Waals surface area contributed by atoms with E-state index in [0.717, 1.165) is 11.1 Å². The van der Waals surface area contributed by atoms with E-state index in [4.69, 9.17) is 9.47 Å². The van der Waals surface area contributed by atoms with E-state index in [1.54, 1.807) is 41.5 Å². The van der Waals surface area contributed by atoms with Gasteiger partial charge in [-0.05, 0) is 52.7 Å². The Labute approximate surface area is 143 Å². The average molecular weight is 334 g/mol. The number of ether oxygens (including phenoxy) is 2. The van der Waals surface area contributed by atoms with Gasteiger partial charge < -0.3 is 9.47 Å². The van der Waals surface area contributed by atoms with E-state index in [2.05, 4.69) is 0 Å². The minimum absolute atomic E-state index is 0.268. The number of carbonyl (C=O) groups excluding carboxylic acids is 2.